The summed E-state index contributed by atoms with van der Waals surface area (Å²) in [6, 6.07) is 20.1. The molecule has 1 N–H and O–H groups in total. The van der Waals surface area contributed by atoms with Gasteiger partial charge in [0.1, 0.15) is 18.2 Å². The average molecular weight is 570 g/mol. The van der Waals surface area contributed by atoms with Crippen LogP contribution in [-0.2, 0) is 27.3 Å². The van der Waals surface area contributed by atoms with Crippen molar-refractivity contribution in [1.82, 2.24) is 4.90 Å². The first-order chi connectivity index (χ1) is 19.9. The van der Waals surface area contributed by atoms with Gasteiger partial charge in [-0.1, -0.05) is 36.4 Å². The van der Waals surface area contributed by atoms with Crippen LogP contribution in [0, 0.1) is 5.82 Å². The van der Waals surface area contributed by atoms with Gasteiger partial charge in [0.05, 0.1) is 20.3 Å². The summed E-state index contributed by atoms with van der Waals surface area (Å²) in [5.41, 5.74) is 1.66. The number of rotatable bonds is 17. The molecule has 0 saturated carbocycles. The molecule has 0 aliphatic heterocycles. The fraction of sp³-hybridized carbons (Fsp3) is 0.355. The Labute approximate surface area is 239 Å². The number of halogens is 1. The van der Waals surface area contributed by atoms with E-state index in [0.717, 1.165) is 11.1 Å². The average Bonchev–Trinajstić information content (AvgIpc) is 2.97. The molecule has 1 unspecified atom stereocenters. The molecule has 0 aromatic heterocycles. The number of aliphatic carboxylic acids is 1. The van der Waals surface area contributed by atoms with E-state index in [1.54, 1.807) is 67.6 Å². The summed E-state index contributed by atoms with van der Waals surface area (Å²) >= 11 is 0. The van der Waals surface area contributed by atoms with E-state index in [9.17, 15) is 19.1 Å². The normalized spacial score (nSPS) is 11.5. The van der Waals surface area contributed by atoms with Gasteiger partial charge in [0.15, 0.2) is 17.6 Å². The third-order valence-electron chi connectivity index (χ3n) is 6.04. The molecule has 220 valence electrons. The molecule has 9 nitrogen and oxygen atoms in total. The monoisotopic (exact) mass is 569 g/mol. The molecule has 0 aliphatic carbocycles. The van der Waals surface area contributed by atoms with Crippen LogP contribution in [0.1, 0.15) is 24.5 Å². The van der Waals surface area contributed by atoms with Crippen LogP contribution in [-0.4, -0.2) is 68.2 Å². The maximum Gasteiger partial charge on any atom is 0.415 e. The zero-order valence-corrected chi connectivity index (χ0v) is 23.3. The summed E-state index contributed by atoms with van der Waals surface area (Å²) < 4.78 is 40.8. The molecular formula is C31H36FNO8. The molecule has 0 radical (unpaired) electrons. The summed E-state index contributed by atoms with van der Waals surface area (Å²) in [4.78, 5) is 25.9. The molecule has 3 rings (SSSR count). The molecule has 3 aromatic rings. The van der Waals surface area contributed by atoms with Crippen LogP contribution in [0.4, 0.5) is 9.18 Å². The second-order valence-corrected chi connectivity index (χ2v) is 9.02. The molecule has 0 aliphatic rings. The standard InChI is InChI=1S/C31H36FNO8/c1-3-39-29(30(34)35)21-23-11-15-26(16-12-23)40-20-18-33(31(36)41-28-8-5-4-7-27(28)37-2)17-6-19-38-22-24-9-13-25(32)14-10-24/h4-5,7-16,29H,3,6,17-22H2,1-2H3,(H,34,35). The van der Waals surface area contributed by atoms with Gasteiger partial charge >= 0.3 is 12.1 Å². The van der Waals surface area contributed by atoms with E-state index in [1.807, 2.05) is 0 Å². The number of hydrogen-bond acceptors (Lipinski definition) is 7. The predicted molar refractivity (Wildman–Crippen MR) is 150 cm³/mol. The van der Waals surface area contributed by atoms with E-state index in [-0.39, 0.29) is 25.4 Å². The lowest BCUT2D eigenvalue weighted by atomic mass is 10.1. The molecule has 0 heterocycles. The number of benzene rings is 3. The quantitative estimate of drug-likeness (QED) is 0.217. The van der Waals surface area contributed by atoms with Gasteiger partial charge in [-0.2, -0.15) is 0 Å². The minimum absolute atomic E-state index is 0.202. The van der Waals surface area contributed by atoms with E-state index in [0.29, 0.717) is 50.0 Å². The van der Waals surface area contributed by atoms with Crippen molar-refractivity contribution in [3.05, 3.63) is 89.7 Å². The van der Waals surface area contributed by atoms with Crippen LogP contribution < -0.4 is 14.2 Å². The third kappa shape index (κ3) is 10.7. The van der Waals surface area contributed by atoms with Crippen molar-refractivity contribution < 1.29 is 42.8 Å². The van der Waals surface area contributed by atoms with Crippen LogP contribution in [0.5, 0.6) is 17.2 Å². The van der Waals surface area contributed by atoms with Crippen molar-refractivity contribution >= 4 is 12.1 Å². The first-order valence-corrected chi connectivity index (χ1v) is 13.4. The van der Waals surface area contributed by atoms with Crippen molar-refractivity contribution in [2.24, 2.45) is 0 Å². The molecule has 10 heteroatoms. The van der Waals surface area contributed by atoms with Gasteiger partial charge in [0, 0.05) is 26.2 Å². The summed E-state index contributed by atoms with van der Waals surface area (Å²) in [5.74, 6) is 0.0189. The molecular weight excluding hydrogens is 533 g/mol. The highest BCUT2D eigenvalue weighted by molar-refractivity contribution is 5.73. The third-order valence-corrected chi connectivity index (χ3v) is 6.04. The molecule has 1 amide bonds. The van der Waals surface area contributed by atoms with E-state index in [4.69, 9.17) is 23.7 Å². The van der Waals surface area contributed by atoms with Crippen LogP contribution >= 0.6 is 0 Å². The maximum atomic E-state index is 13.1. The Morgan fingerprint density at radius 2 is 1.59 bits per heavy atom. The maximum absolute atomic E-state index is 13.1. The Hall–Kier alpha value is -4.15. The number of carbonyl (C=O) groups excluding carboxylic acids is 1. The molecule has 1 atom stereocenters. The Morgan fingerprint density at radius 3 is 2.24 bits per heavy atom. The van der Waals surface area contributed by atoms with E-state index >= 15 is 0 Å². The number of hydrogen-bond donors (Lipinski definition) is 1. The lowest BCUT2D eigenvalue weighted by Crippen LogP contribution is -2.38. The fourth-order valence-electron chi connectivity index (χ4n) is 3.91. The summed E-state index contributed by atoms with van der Waals surface area (Å²) in [6.07, 6.45) is -0.673. The minimum atomic E-state index is -1.01. The zero-order chi connectivity index (χ0) is 29.5. The van der Waals surface area contributed by atoms with Gasteiger partial charge in [0.25, 0.3) is 0 Å². The largest absolute Gasteiger partial charge is 0.493 e. The highest BCUT2D eigenvalue weighted by atomic mass is 19.1. The fourth-order valence-corrected chi connectivity index (χ4v) is 3.91. The Bertz CT molecular complexity index is 1220. The summed E-state index contributed by atoms with van der Waals surface area (Å²) in [6.45, 7) is 3.60. The SMILES string of the molecule is CCOC(Cc1ccc(OCCN(CCCOCc2ccc(F)cc2)C(=O)Oc2ccccc2OC)cc1)C(=O)O. The topological polar surface area (TPSA) is 104 Å². The smallest absolute Gasteiger partial charge is 0.415 e. The number of amides is 1. The molecule has 0 fully saturated rings. The first kappa shape index (κ1) is 31.4. The second-order valence-electron chi connectivity index (χ2n) is 9.02. The van der Waals surface area contributed by atoms with Gasteiger partial charge < -0.3 is 33.7 Å². The van der Waals surface area contributed by atoms with E-state index < -0.39 is 18.2 Å². The lowest BCUT2D eigenvalue weighted by Gasteiger charge is -2.22. The summed E-state index contributed by atoms with van der Waals surface area (Å²) in [7, 11) is 1.50. The number of nitrogens with zero attached hydrogens (tertiary/aromatic N) is 1. The van der Waals surface area contributed by atoms with Crippen LogP contribution in [0.3, 0.4) is 0 Å². The van der Waals surface area contributed by atoms with E-state index in [2.05, 4.69) is 0 Å². The van der Waals surface area contributed by atoms with Gasteiger partial charge in [-0.15, -0.1) is 0 Å². The molecule has 3 aromatic carbocycles. The molecule has 41 heavy (non-hydrogen) atoms. The number of para-hydroxylation sites is 2. The van der Waals surface area contributed by atoms with Crippen molar-refractivity contribution in [3.8, 4) is 17.2 Å². The highest BCUT2D eigenvalue weighted by Gasteiger charge is 2.19. The van der Waals surface area contributed by atoms with E-state index in [1.165, 1.54) is 24.1 Å². The minimum Gasteiger partial charge on any atom is -0.493 e. The van der Waals surface area contributed by atoms with Crippen molar-refractivity contribution in [1.29, 1.82) is 0 Å². The highest BCUT2D eigenvalue weighted by Crippen LogP contribution is 2.26. The Balaban J connectivity index is 1.54. The van der Waals surface area contributed by atoms with Crippen LogP contribution in [0.15, 0.2) is 72.8 Å². The Kier molecular flexibility index (Phi) is 12.9. The molecule has 0 saturated heterocycles. The number of carboxylic acids is 1. The number of carboxylic acid groups (broad SMARTS) is 1. The van der Waals surface area contributed by atoms with Gasteiger partial charge in [-0.05, 0) is 60.9 Å². The lowest BCUT2D eigenvalue weighted by molar-refractivity contribution is -0.149. The summed E-state index contributed by atoms with van der Waals surface area (Å²) in [5, 5.41) is 9.29. The van der Waals surface area contributed by atoms with Gasteiger partial charge in [-0.25, -0.2) is 14.0 Å². The van der Waals surface area contributed by atoms with Crippen molar-refractivity contribution in [2.45, 2.75) is 32.5 Å². The predicted octanol–water partition coefficient (Wildman–Crippen LogP) is 5.35. The molecule has 0 spiro atoms. The van der Waals surface area contributed by atoms with Gasteiger partial charge in [-0.3, -0.25) is 0 Å². The van der Waals surface area contributed by atoms with Gasteiger partial charge in [0.2, 0.25) is 0 Å². The first-order valence-electron chi connectivity index (χ1n) is 13.4. The second kappa shape index (κ2) is 16.8. The number of methoxy groups -OCH3 is 1. The van der Waals surface area contributed by atoms with Crippen molar-refractivity contribution in [3.63, 3.8) is 0 Å². The number of ether oxygens (including phenoxy) is 5. The Morgan fingerprint density at radius 1 is 0.902 bits per heavy atom. The molecule has 0 bridgehead atoms. The number of carbonyl (C=O) groups is 2. The van der Waals surface area contributed by atoms with Crippen molar-refractivity contribution in [2.75, 3.05) is 40.0 Å². The van der Waals surface area contributed by atoms with Crippen LogP contribution in [0.2, 0.25) is 0 Å². The van der Waals surface area contributed by atoms with Crippen LogP contribution in [0.25, 0.3) is 0 Å². The zero-order valence-electron chi connectivity index (χ0n) is 23.3.